The van der Waals surface area contributed by atoms with Crippen molar-refractivity contribution in [2.45, 2.75) is 105 Å². The first-order chi connectivity index (χ1) is 11.3. The molecule has 0 saturated heterocycles. The summed E-state index contributed by atoms with van der Waals surface area (Å²) in [6.45, 7) is 12.7. The monoisotopic (exact) mass is 344 g/mol. The molecular formula is C20H40O4. The Kier molecular flexibility index (Phi) is 27.5. The number of carboxylic acid groups (broad SMARTS) is 1. The summed E-state index contributed by atoms with van der Waals surface area (Å²) in [7, 11) is 0. The lowest BCUT2D eigenvalue weighted by Gasteiger charge is -2.14. The average Bonchev–Trinajstić information content (AvgIpc) is 2.50. The molecule has 1 atom stereocenters. The van der Waals surface area contributed by atoms with Crippen molar-refractivity contribution in [2.75, 3.05) is 0 Å². The van der Waals surface area contributed by atoms with Crippen molar-refractivity contribution in [3.05, 3.63) is 12.7 Å². The Morgan fingerprint density at radius 2 is 1.50 bits per heavy atom. The van der Waals surface area contributed by atoms with Gasteiger partial charge >= 0.3 is 5.97 Å². The Bertz CT molecular complexity index is 283. The molecule has 1 unspecified atom stereocenters. The second-order valence-electron chi connectivity index (χ2n) is 5.79. The molecule has 4 nitrogen and oxygen atoms in total. The van der Waals surface area contributed by atoms with Crippen LogP contribution in [0.3, 0.4) is 0 Å². The van der Waals surface area contributed by atoms with Crippen molar-refractivity contribution in [1.29, 1.82) is 0 Å². The Labute approximate surface area is 149 Å². The van der Waals surface area contributed by atoms with E-state index in [1.165, 1.54) is 58.3 Å². The van der Waals surface area contributed by atoms with Gasteiger partial charge in [0.25, 0.3) is 5.97 Å². The molecule has 1 N–H and O–H groups in total. The fraction of sp³-hybridized carbons (Fsp3) is 0.800. The number of hydrogen-bond donors (Lipinski definition) is 1. The van der Waals surface area contributed by atoms with Gasteiger partial charge in [-0.15, -0.1) is 6.58 Å². The third kappa shape index (κ3) is 37.2. The molecule has 0 aliphatic rings. The van der Waals surface area contributed by atoms with Gasteiger partial charge in [0.1, 0.15) is 6.10 Å². The average molecular weight is 345 g/mol. The molecule has 0 aromatic heterocycles. The van der Waals surface area contributed by atoms with E-state index in [0.717, 1.165) is 19.8 Å². The lowest BCUT2D eigenvalue weighted by Crippen LogP contribution is -2.14. The number of esters is 1. The largest absolute Gasteiger partial charge is 0.481 e. The predicted octanol–water partition coefficient (Wildman–Crippen LogP) is 6.14. The minimum Gasteiger partial charge on any atom is -0.481 e. The molecule has 0 amide bonds. The molecule has 0 spiro atoms. The normalized spacial score (nSPS) is 10.4. The van der Waals surface area contributed by atoms with Crippen LogP contribution in [0, 0.1) is 0 Å². The second-order valence-corrected chi connectivity index (χ2v) is 5.79. The summed E-state index contributed by atoms with van der Waals surface area (Å²) in [5.41, 5.74) is 0. The van der Waals surface area contributed by atoms with Crippen LogP contribution in [0.1, 0.15) is 98.8 Å². The van der Waals surface area contributed by atoms with Crippen LogP contribution >= 0.6 is 0 Å². The fourth-order valence-electron chi connectivity index (χ4n) is 1.92. The highest BCUT2D eigenvalue weighted by molar-refractivity contribution is 5.66. The Morgan fingerprint density at radius 1 is 1.00 bits per heavy atom. The lowest BCUT2D eigenvalue weighted by molar-refractivity contribution is -0.146. The number of rotatable bonds is 11. The van der Waals surface area contributed by atoms with Crippen molar-refractivity contribution < 1.29 is 19.4 Å². The van der Waals surface area contributed by atoms with E-state index in [1.54, 1.807) is 0 Å². The van der Waals surface area contributed by atoms with Gasteiger partial charge in [0, 0.05) is 13.8 Å². The maximum atomic E-state index is 10.6. The highest BCUT2D eigenvalue weighted by Gasteiger charge is 2.07. The molecule has 24 heavy (non-hydrogen) atoms. The van der Waals surface area contributed by atoms with E-state index in [4.69, 9.17) is 14.6 Å². The summed E-state index contributed by atoms with van der Waals surface area (Å²) >= 11 is 0. The number of allylic oxidation sites excluding steroid dienone is 1. The third-order valence-corrected chi connectivity index (χ3v) is 3.18. The Hall–Kier alpha value is -1.32. The molecule has 0 aromatic rings. The summed E-state index contributed by atoms with van der Waals surface area (Å²) in [6.07, 6.45) is 14.3. The van der Waals surface area contributed by atoms with Crippen LogP contribution in [-0.2, 0) is 14.3 Å². The molecule has 0 aliphatic heterocycles. The van der Waals surface area contributed by atoms with E-state index in [-0.39, 0.29) is 12.1 Å². The van der Waals surface area contributed by atoms with Gasteiger partial charge in [-0.05, 0) is 32.1 Å². The molecule has 0 fully saturated rings. The van der Waals surface area contributed by atoms with Gasteiger partial charge in [0.15, 0.2) is 0 Å². The molecule has 144 valence electrons. The molecule has 0 aliphatic carbocycles. The minimum atomic E-state index is -0.833. The standard InChI is InChI=1S/C10H20O2.C8H16.C2H4O2/c1-4-6-7-8-10(5-2)12-9(3)11;1-3-5-7-8-6-4-2;1-2(3)4/h10H,4-8H2,1-3H3;3H,1,4-8H2,2H3;1H3,(H,3,4). The number of carboxylic acids is 1. The van der Waals surface area contributed by atoms with Crippen LogP contribution in [0.4, 0.5) is 0 Å². The minimum absolute atomic E-state index is 0.147. The SMILES string of the molecule is C=CCCCCCC.CC(=O)O.CCCCCC(CC)OC(C)=O. The van der Waals surface area contributed by atoms with Crippen molar-refractivity contribution in [1.82, 2.24) is 0 Å². The first kappa shape index (κ1) is 27.5. The van der Waals surface area contributed by atoms with E-state index in [1.807, 2.05) is 6.08 Å². The quantitative estimate of drug-likeness (QED) is 0.278. The molecule has 0 radical (unpaired) electrons. The van der Waals surface area contributed by atoms with E-state index < -0.39 is 5.97 Å². The van der Waals surface area contributed by atoms with Crippen molar-refractivity contribution in [3.63, 3.8) is 0 Å². The summed E-state index contributed by atoms with van der Waals surface area (Å²) < 4.78 is 5.11. The Morgan fingerprint density at radius 3 is 1.88 bits per heavy atom. The number of carbonyl (C=O) groups excluding carboxylic acids is 1. The van der Waals surface area contributed by atoms with E-state index >= 15 is 0 Å². The summed E-state index contributed by atoms with van der Waals surface area (Å²) in [5.74, 6) is -0.988. The number of hydrogen-bond acceptors (Lipinski definition) is 3. The molecular weight excluding hydrogens is 304 g/mol. The molecule has 4 heteroatoms. The number of carbonyl (C=O) groups is 2. The maximum absolute atomic E-state index is 10.6. The smallest absolute Gasteiger partial charge is 0.302 e. The van der Waals surface area contributed by atoms with Crippen molar-refractivity contribution in [2.24, 2.45) is 0 Å². The second kappa shape index (κ2) is 23.9. The molecule has 0 rings (SSSR count). The lowest BCUT2D eigenvalue weighted by atomic mass is 10.1. The summed E-state index contributed by atoms with van der Waals surface area (Å²) in [4.78, 5) is 19.6. The van der Waals surface area contributed by atoms with Crippen LogP contribution in [0.2, 0.25) is 0 Å². The highest BCUT2D eigenvalue weighted by atomic mass is 16.5. The first-order valence-electron chi connectivity index (χ1n) is 9.33. The zero-order valence-corrected chi connectivity index (χ0v) is 16.6. The van der Waals surface area contributed by atoms with Gasteiger partial charge in [-0.25, -0.2) is 0 Å². The van der Waals surface area contributed by atoms with Crippen molar-refractivity contribution >= 4 is 11.9 Å². The van der Waals surface area contributed by atoms with Gasteiger partial charge in [-0.2, -0.15) is 0 Å². The fourth-order valence-corrected chi connectivity index (χ4v) is 1.92. The van der Waals surface area contributed by atoms with Crippen LogP contribution < -0.4 is 0 Å². The number of unbranched alkanes of at least 4 members (excludes halogenated alkanes) is 6. The summed E-state index contributed by atoms with van der Waals surface area (Å²) in [6, 6.07) is 0. The molecule has 0 saturated carbocycles. The Balaban J connectivity index is -0.000000316. The van der Waals surface area contributed by atoms with E-state index in [9.17, 15) is 4.79 Å². The van der Waals surface area contributed by atoms with Gasteiger partial charge in [-0.3, -0.25) is 9.59 Å². The van der Waals surface area contributed by atoms with Crippen molar-refractivity contribution in [3.8, 4) is 0 Å². The van der Waals surface area contributed by atoms with Crippen LogP contribution in [0.5, 0.6) is 0 Å². The molecule has 0 heterocycles. The van der Waals surface area contributed by atoms with Crippen LogP contribution in [0.25, 0.3) is 0 Å². The van der Waals surface area contributed by atoms with Crippen LogP contribution in [0.15, 0.2) is 12.7 Å². The number of aliphatic carboxylic acids is 1. The van der Waals surface area contributed by atoms with Gasteiger partial charge in [-0.1, -0.05) is 59.0 Å². The van der Waals surface area contributed by atoms with Gasteiger partial charge in [0.2, 0.25) is 0 Å². The summed E-state index contributed by atoms with van der Waals surface area (Å²) in [5, 5.41) is 7.42. The molecule has 0 aromatic carbocycles. The zero-order chi connectivity index (χ0) is 19.2. The third-order valence-electron chi connectivity index (χ3n) is 3.18. The van der Waals surface area contributed by atoms with Crippen LogP contribution in [-0.4, -0.2) is 23.1 Å². The topological polar surface area (TPSA) is 63.6 Å². The zero-order valence-electron chi connectivity index (χ0n) is 16.6. The van der Waals surface area contributed by atoms with Gasteiger partial charge < -0.3 is 9.84 Å². The molecule has 0 bridgehead atoms. The highest BCUT2D eigenvalue weighted by Crippen LogP contribution is 2.09. The van der Waals surface area contributed by atoms with E-state index in [2.05, 4.69) is 27.4 Å². The predicted molar refractivity (Wildman–Crippen MR) is 102 cm³/mol. The van der Waals surface area contributed by atoms with Gasteiger partial charge in [0.05, 0.1) is 0 Å². The number of ether oxygens (including phenoxy) is 1. The van der Waals surface area contributed by atoms with E-state index in [0.29, 0.717) is 0 Å². The maximum Gasteiger partial charge on any atom is 0.302 e. The first-order valence-corrected chi connectivity index (χ1v) is 9.33.